The van der Waals surface area contributed by atoms with Crippen molar-refractivity contribution in [3.05, 3.63) is 47.7 Å². The number of hydrogen-bond donors (Lipinski definition) is 1. The highest BCUT2D eigenvalue weighted by molar-refractivity contribution is 7.16. The Morgan fingerprint density at radius 2 is 2.12 bits per heavy atom. The molecule has 8 heteroatoms. The molecule has 0 radical (unpaired) electrons. The molecule has 0 amide bonds. The van der Waals surface area contributed by atoms with E-state index in [1.165, 1.54) is 11.3 Å². The van der Waals surface area contributed by atoms with Crippen LogP contribution in [-0.4, -0.2) is 44.8 Å². The molecule has 0 saturated carbocycles. The maximum absolute atomic E-state index is 15.4. The Hall–Kier alpha value is -2.61. The van der Waals surface area contributed by atoms with Gasteiger partial charge in [0.15, 0.2) is 0 Å². The lowest BCUT2D eigenvalue weighted by Gasteiger charge is -2.40. The number of piperidine rings is 1. The summed E-state index contributed by atoms with van der Waals surface area (Å²) in [5.41, 5.74) is 0.779. The highest BCUT2D eigenvalue weighted by Gasteiger charge is 2.51. The van der Waals surface area contributed by atoms with Gasteiger partial charge in [0, 0.05) is 37.8 Å². The van der Waals surface area contributed by atoms with Gasteiger partial charge in [-0.1, -0.05) is 6.07 Å². The standard InChI is InChI=1S/C17H15FN4O2S/c18-17(15(23)24)4-7-22(16-19-5-1-6-20-16)9-12(17)11-2-3-14-13(8-11)21-10-25-14/h1-3,5-6,8,10,12H,4,7,9H2,(H,23,24). The lowest BCUT2D eigenvalue weighted by Crippen LogP contribution is -2.52. The van der Waals surface area contributed by atoms with Crippen molar-refractivity contribution in [2.45, 2.75) is 18.0 Å². The van der Waals surface area contributed by atoms with Gasteiger partial charge >= 0.3 is 5.97 Å². The van der Waals surface area contributed by atoms with Gasteiger partial charge in [-0.05, 0) is 23.8 Å². The fourth-order valence-corrected chi connectivity index (χ4v) is 3.94. The summed E-state index contributed by atoms with van der Waals surface area (Å²) < 4.78 is 16.4. The van der Waals surface area contributed by atoms with Gasteiger partial charge in [-0.2, -0.15) is 0 Å². The zero-order valence-corrected chi connectivity index (χ0v) is 14.0. The molecule has 25 heavy (non-hydrogen) atoms. The van der Waals surface area contributed by atoms with Crippen LogP contribution in [0.2, 0.25) is 0 Å². The number of carboxylic acids is 1. The number of anilines is 1. The van der Waals surface area contributed by atoms with Crippen molar-refractivity contribution >= 4 is 33.5 Å². The number of carboxylic acid groups (broad SMARTS) is 1. The van der Waals surface area contributed by atoms with E-state index in [-0.39, 0.29) is 19.5 Å². The number of nitrogens with zero attached hydrogens (tertiary/aromatic N) is 4. The summed E-state index contributed by atoms with van der Waals surface area (Å²) in [7, 11) is 0. The highest BCUT2D eigenvalue weighted by Crippen LogP contribution is 2.41. The van der Waals surface area contributed by atoms with Crippen LogP contribution in [0.4, 0.5) is 10.3 Å². The molecule has 0 aliphatic carbocycles. The van der Waals surface area contributed by atoms with Crippen molar-refractivity contribution in [3.8, 4) is 0 Å². The summed E-state index contributed by atoms with van der Waals surface area (Å²) >= 11 is 1.49. The van der Waals surface area contributed by atoms with Crippen LogP contribution in [0, 0.1) is 0 Å². The molecule has 6 nitrogen and oxygen atoms in total. The average Bonchev–Trinajstić information content (AvgIpc) is 3.10. The molecule has 128 valence electrons. The van der Waals surface area contributed by atoms with E-state index in [2.05, 4.69) is 15.0 Å². The van der Waals surface area contributed by atoms with Crippen LogP contribution < -0.4 is 4.90 Å². The zero-order chi connectivity index (χ0) is 17.4. The van der Waals surface area contributed by atoms with Gasteiger partial charge in [0.1, 0.15) is 0 Å². The molecule has 1 aliphatic rings. The van der Waals surface area contributed by atoms with E-state index in [4.69, 9.17) is 0 Å². The van der Waals surface area contributed by atoms with Gasteiger partial charge in [-0.15, -0.1) is 11.3 Å². The molecular formula is C17H15FN4O2S. The summed E-state index contributed by atoms with van der Waals surface area (Å²) in [6.07, 6.45) is 3.11. The second-order valence-corrected chi connectivity index (χ2v) is 6.93. The smallest absolute Gasteiger partial charge is 0.342 e. The lowest BCUT2D eigenvalue weighted by atomic mass is 9.78. The van der Waals surface area contributed by atoms with Gasteiger partial charge in [0.25, 0.3) is 0 Å². The Labute approximate surface area is 147 Å². The Balaban J connectivity index is 1.74. The average molecular weight is 358 g/mol. The van der Waals surface area contributed by atoms with Crippen molar-refractivity contribution in [2.24, 2.45) is 0 Å². The first kappa shape index (κ1) is 15.9. The van der Waals surface area contributed by atoms with Crippen LogP contribution in [0.25, 0.3) is 10.2 Å². The first-order valence-electron chi connectivity index (χ1n) is 7.85. The van der Waals surface area contributed by atoms with E-state index in [9.17, 15) is 9.90 Å². The van der Waals surface area contributed by atoms with Crippen molar-refractivity contribution in [1.82, 2.24) is 15.0 Å². The minimum absolute atomic E-state index is 0.125. The van der Waals surface area contributed by atoms with E-state index in [1.54, 1.807) is 36.1 Å². The van der Waals surface area contributed by atoms with Gasteiger partial charge in [0.2, 0.25) is 11.6 Å². The monoisotopic (exact) mass is 358 g/mol. The summed E-state index contributed by atoms with van der Waals surface area (Å²) in [6, 6.07) is 7.14. The normalized spacial score (nSPS) is 23.7. The molecule has 0 spiro atoms. The Morgan fingerprint density at radius 1 is 1.32 bits per heavy atom. The number of thiazole rings is 1. The highest BCUT2D eigenvalue weighted by atomic mass is 32.1. The second kappa shape index (κ2) is 6.03. The largest absolute Gasteiger partial charge is 0.479 e. The first-order chi connectivity index (χ1) is 12.1. The van der Waals surface area contributed by atoms with Crippen molar-refractivity contribution in [2.75, 3.05) is 18.0 Å². The summed E-state index contributed by atoms with van der Waals surface area (Å²) in [4.78, 5) is 26.2. The number of halogens is 1. The summed E-state index contributed by atoms with van der Waals surface area (Å²) in [6.45, 7) is 0.449. The second-order valence-electron chi connectivity index (χ2n) is 6.04. The SMILES string of the molecule is O=C(O)C1(F)CCN(c2ncccn2)CC1c1ccc2scnc2c1. The fraction of sp³-hybridized carbons (Fsp3) is 0.294. The third-order valence-corrected chi connectivity index (χ3v) is 5.46. The van der Waals surface area contributed by atoms with Crippen LogP contribution in [-0.2, 0) is 4.79 Å². The molecule has 1 fully saturated rings. The third-order valence-electron chi connectivity index (χ3n) is 4.65. The third kappa shape index (κ3) is 2.72. The molecule has 2 atom stereocenters. The number of benzene rings is 1. The van der Waals surface area contributed by atoms with Crippen molar-refractivity contribution in [3.63, 3.8) is 0 Å². The number of alkyl halides is 1. The van der Waals surface area contributed by atoms with Crippen molar-refractivity contribution in [1.29, 1.82) is 0 Å². The summed E-state index contributed by atoms with van der Waals surface area (Å²) in [5, 5.41) is 9.52. The molecule has 3 aromatic rings. The molecule has 4 rings (SSSR count). The topological polar surface area (TPSA) is 79.2 Å². The van der Waals surface area contributed by atoms with Gasteiger partial charge < -0.3 is 10.0 Å². The van der Waals surface area contributed by atoms with Crippen LogP contribution in [0.15, 0.2) is 42.2 Å². The first-order valence-corrected chi connectivity index (χ1v) is 8.73. The lowest BCUT2D eigenvalue weighted by molar-refractivity contribution is -0.153. The quantitative estimate of drug-likeness (QED) is 0.776. The number of carbonyl (C=O) groups is 1. The van der Waals surface area contributed by atoms with E-state index in [0.717, 1.165) is 10.2 Å². The van der Waals surface area contributed by atoms with Gasteiger partial charge in [-0.25, -0.2) is 24.1 Å². The number of hydrogen-bond acceptors (Lipinski definition) is 6. The molecule has 1 N–H and O–H groups in total. The van der Waals surface area contributed by atoms with Crippen LogP contribution in [0.1, 0.15) is 17.9 Å². The maximum Gasteiger partial charge on any atom is 0.342 e. The fourth-order valence-electron chi connectivity index (χ4n) is 3.28. The van der Waals surface area contributed by atoms with E-state index in [0.29, 0.717) is 11.5 Å². The molecule has 2 aromatic heterocycles. The number of rotatable bonds is 3. The molecule has 0 bridgehead atoms. The number of fused-ring (bicyclic) bond motifs is 1. The maximum atomic E-state index is 15.4. The minimum atomic E-state index is -2.32. The number of aromatic nitrogens is 3. The van der Waals surface area contributed by atoms with E-state index < -0.39 is 17.6 Å². The molecule has 2 unspecified atom stereocenters. The predicted octanol–water partition coefficient (Wildman–Crippen LogP) is 2.87. The molecule has 1 aliphatic heterocycles. The minimum Gasteiger partial charge on any atom is -0.479 e. The zero-order valence-electron chi connectivity index (χ0n) is 13.2. The Bertz CT molecular complexity index is 919. The van der Waals surface area contributed by atoms with Crippen LogP contribution in [0.5, 0.6) is 0 Å². The van der Waals surface area contributed by atoms with Crippen LogP contribution >= 0.6 is 11.3 Å². The van der Waals surface area contributed by atoms with E-state index >= 15 is 4.39 Å². The number of aliphatic carboxylic acids is 1. The van der Waals surface area contributed by atoms with Gasteiger partial charge in [-0.3, -0.25) is 0 Å². The summed E-state index contributed by atoms with van der Waals surface area (Å²) in [5.74, 6) is -1.77. The van der Waals surface area contributed by atoms with Crippen molar-refractivity contribution < 1.29 is 14.3 Å². The molecule has 3 heterocycles. The Kier molecular flexibility index (Phi) is 3.84. The van der Waals surface area contributed by atoms with Gasteiger partial charge in [0.05, 0.1) is 15.7 Å². The van der Waals surface area contributed by atoms with E-state index in [1.807, 2.05) is 11.0 Å². The Morgan fingerprint density at radius 3 is 2.88 bits per heavy atom. The molecule has 1 saturated heterocycles. The van der Waals surface area contributed by atoms with Crippen LogP contribution in [0.3, 0.4) is 0 Å². The molecular weight excluding hydrogens is 343 g/mol. The molecule has 1 aromatic carbocycles. The predicted molar refractivity (Wildman–Crippen MR) is 92.7 cm³/mol.